The van der Waals surface area contributed by atoms with Gasteiger partial charge in [0.2, 0.25) is 0 Å². The Kier molecular flexibility index (Phi) is 4.74. The molecule has 20 heavy (non-hydrogen) atoms. The van der Waals surface area contributed by atoms with Gasteiger partial charge in [-0.15, -0.1) is 0 Å². The van der Waals surface area contributed by atoms with E-state index in [1.807, 2.05) is 42.5 Å². The molecule has 0 fully saturated rings. The summed E-state index contributed by atoms with van der Waals surface area (Å²) in [4.78, 5) is 10.7. The Labute approximate surface area is 119 Å². The molecule has 2 aromatic carbocycles. The van der Waals surface area contributed by atoms with Crippen LogP contribution < -0.4 is 4.74 Å². The number of benzene rings is 2. The fourth-order valence-corrected chi connectivity index (χ4v) is 2.67. The van der Waals surface area contributed by atoms with Crippen molar-refractivity contribution in [3.63, 3.8) is 0 Å². The highest BCUT2D eigenvalue weighted by Crippen LogP contribution is 2.24. The summed E-state index contributed by atoms with van der Waals surface area (Å²) in [5.74, 6) is -0.118. The Morgan fingerprint density at radius 3 is 2.70 bits per heavy atom. The molecule has 2 rings (SSSR count). The first-order valence-corrected chi connectivity index (χ1v) is 7.68. The van der Waals surface area contributed by atoms with Crippen LogP contribution in [0.4, 0.5) is 0 Å². The fourth-order valence-electron chi connectivity index (χ4n) is 1.84. The Morgan fingerprint density at radius 1 is 1.25 bits per heavy atom. The van der Waals surface area contributed by atoms with E-state index in [1.165, 1.54) is 6.92 Å². The average Bonchev–Trinajstić information content (AvgIpc) is 2.46. The Bertz CT molecular complexity index is 633. The maximum Gasteiger partial charge on any atom is 0.318 e. The molecule has 0 aliphatic carbocycles. The average molecular weight is 292 g/mol. The first-order chi connectivity index (χ1) is 9.59. The third-order valence-corrected chi connectivity index (χ3v) is 4.59. The van der Waals surface area contributed by atoms with Crippen LogP contribution in [0.25, 0.3) is 10.8 Å². The van der Waals surface area contributed by atoms with Gasteiger partial charge in [-0.25, -0.2) is 0 Å². The van der Waals surface area contributed by atoms with Crippen LogP contribution in [-0.2, 0) is 15.6 Å². The largest absolute Gasteiger partial charge is 0.492 e. The van der Waals surface area contributed by atoms with E-state index < -0.39 is 22.0 Å². The first kappa shape index (κ1) is 14.5. The number of fused-ring (bicyclic) bond motifs is 1. The van der Waals surface area contributed by atoms with E-state index >= 15 is 0 Å². The molecule has 0 bridgehead atoms. The fraction of sp³-hybridized carbons (Fsp3) is 0.267. The van der Waals surface area contributed by atoms with E-state index in [0.717, 1.165) is 16.5 Å². The molecule has 0 aliphatic rings. The molecule has 0 radical (unpaired) electrons. The number of hydrogen-bond acceptors (Lipinski definition) is 3. The van der Waals surface area contributed by atoms with E-state index in [-0.39, 0.29) is 12.4 Å². The molecule has 0 saturated carbocycles. The molecule has 2 aromatic rings. The lowest BCUT2D eigenvalue weighted by Crippen LogP contribution is -2.25. The third kappa shape index (κ3) is 3.36. The molecule has 2 atom stereocenters. The maximum atomic E-state index is 11.7. The molecule has 0 heterocycles. The number of ether oxygens (including phenoxy) is 1. The predicted molar refractivity (Wildman–Crippen MR) is 79.6 cm³/mol. The molecule has 106 valence electrons. The number of carbonyl (C=O) groups is 1. The summed E-state index contributed by atoms with van der Waals surface area (Å²) in [7, 11) is -1.43. The van der Waals surface area contributed by atoms with Crippen molar-refractivity contribution in [2.45, 2.75) is 12.2 Å². The molecule has 0 aliphatic heterocycles. The number of hydrogen-bond donors (Lipinski definition) is 1. The van der Waals surface area contributed by atoms with Gasteiger partial charge in [-0.2, -0.15) is 0 Å². The van der Waals surface area contributed by atoms with Gasteiger partial charge in [0, 0.05) is 16.2 Å². The first-order valence-electron chi connectivity index (χ1n) is 6.30. The van der Waals surface area contributed by atoms with E-state index in [4.69, 9.17) is 9.84 Å². The Balaban J connectivity index is 2.00. The summed E-state index contributed by atoms with van der Waals surface area (Å²) in [6.07, 6.45) is 0. The Hall–Kier alpha value is -1.88. The van der Waals surface area contributed by atoms with Gasteiger partial charge in [0.1, 0.15) is 11.0 Å². The van der Waals surface area contributed by atoms with Gasteiger partial charge >= 0.3 is 5.97 Å². The molecule has 1 N–H and O–H groups in total. The van der Waals surface area contributed by atoms with Crippen molar-refractivity contribution in [2.24, 2.45) is 0 Å². The summed E-state index contributed by atoms with van der Waals surface area (Å²) in [5, 5.41) is 9.97. The number of aliphatic carboxylic acids is 1. The van der Waals surface area contributed by atoms with Crippen molar-refractivity contribution < 1.29 is 18.8 Å². The predicted octanol–water partition coefficient (Wildman–Crippen LogP) is 2.44. The molecule has 5 heteroatoms. The second-order valence-corrected chi connectivity index (χ2v) is 6.27. The monoisotopic (exact) mass is 292 g/mol. The van der Waals surface area contributed by atoms with Crippen LogP contribution in [0.2, 0.25) is 0 Å². The van der Waals surface area contributed by atoms with Crippen LogP contribution in [0.1, 0.15) is 6.92 Å². The third-order valence-electron chi connectivity index (χ3n) is 3.03. The van der Waals surface area contributed by atoms with Crippen molar-refractivity contribution in [2.75, 3.05) is 12.4 Å². The molecule has 0 spiro atoms. The molecule has 0 saturated heterocycles. The molecule has 0 amide bonds. The van der Waals surface area contributed by atoms with Gasteiger partial charge in [0.15, 0.2) is 0 Å². The normalized spacial score (nSPS) is 13.8. The lowest BCUT2D eigenvalue weighted by atomic mass is 10.1. The second-order valence-electron chi connectivity index (χ2n) is 4.39. The van der Waals surface area contributed by atoms with Crippen LogP contribution in [-0.4, -0.2) is 32.9 Å². The van der Waals surface area contributed by atoms with Gasteiger partial charge in [0.05, 0.1) is 12.4 Å². The smallest absolute Gasteiger partial charge is 0.318 e. The number of rotatable bonds is 6. The highest BCUT2D eigenvalue weighted by Gasteiger charge is 2.18. The molecule has 4 nitrogen and oxygen atoms in total. The van der Waals surface area contributed by atoms with Crippen LogP contribution in [0, 0.1) is 0 Å². The zero-order valence-electron chi connectivity index (χ0n) is 11.1. The van der Waals surface area contributed by atoms with Crippen molar-refractivity contribution >= 4 is 27.5 Å². The second kappa shape index (κ2) is 6.52. The van der Waals surface area contributed by atoms with Gasteiger partial charge in [0.25, 0.3) is 0 Å². The van der Waals surface area contributed by atoms with Crippen LogP contribution in [0.5, 0.6) is 5.75 Å². The van der Waals surface area contributed by atoms with Gasteiger partial charge < -0.3 is 9.84 Å². The standard InChI is InChI=1S/C15H16O4S/c1-11(15(16)17)20(18)10-9-19-14-8-4-6-12-5-2-3-7-13(12)14/h2-8,11H,9-10H2,1H3,(H,16,17). The SMILES string of the molecule is CC(C(=O)O)S(=O)CCOc1cccc2ccccc12. The van der Waals surface area contributed by atoms with Gasteiger partial charge in [-0.05, 0) is 18.4 Å². The highest BCUT2D eigenvalue weighted by molar-refractivity contribution is 7.86. The summed E-state index contributed by atoms with van der Waals surface area (Å²) in [5.41, 5.74) is 0. The minimum atomic E-state index is -1.43. The van der Waals surface area contributed by atoms with E-state index in [9.17, 15) is 9.00 Å². The van der Waals surface area contributed by atoms with Crippen LogP contribution in [0.15, 0.2) is 42.5 Å². The summed E-state index contributed by atoms with van der Waals surface area (Å²) < 4.78 is 17.3. The van der Waals surface area contributed by atoms with E-state index in [0.29, 0.717) is 0 Å². The lowest BCUT2D eigenvalue weighted by Gasteiger charge is -2.10. The van der Waals surface area contributed by atoms with Crippen molar-refractivity contribution in [1.82, 2.24) is 0 Å². The Morgan fingerprint density at radius 2 is 1.95 bits per heavy atom. The topological polar surface area (TPSA) is 63.6 Å². The summed E-state index contributed by atoms with van der Waals surface area (Å²) in [6, 6.07) is 13.6. The molecular weight excluding hydrogens is 276 g/mol. The molecule has 2 unspecified atom stereocenters. The van der Waals surface area contributed by atoms with Crippen molar-refractivity contribution in [1.29, 1.82) is 0 Å². The summed E-state index contributed by atoms with van der Waals surface area (Å²) >= 11 is 0. The zero-order valence-corrected chi connectivity index (χ0v) is 11.9. The van der Waals surface area contributed by atoms with E-state index in [2.05, 4.69) is 0 Å². The minimum Gasteiger partial charge on any atom is -0.492 e. The van der Waals surface area contributed by atoms with E-state index in [1.54, 1.807) is 0 Å². The number of carboxylic acids is 1. The number of carboxylic acid groups (broad SMARTS) is 1. The van der Waals surface area contributed by atoms with Crippen LogP contribution in [0.3, 0.4) is 0 Å². The van der Waals surface area contributed by atoms with Gasteiger partial charge in [-0.3, -0.25) is 9.00 Å². The van der Waals surface area contributed by atoms with Gasteiger partial charge in [-0.1, -0.05) is 36.4 Å². The lowest BCUT2D eigenvalue weighted by molar-refractivity contribution is -0.136. The zero-order chi connectivity index (χ0) is 14.5. The quantitative estimate of drug-likeness (QED) is 0.888. The minimum absolute atomic E-state index is 0.205. The summed E-state index contributed by atoms with van der Waals surface area (Å²) in [6.45, 7) is 1.68. The van der Waals surface area contributed by atoms with Crippen molar-refractivity contribution in [3.8, 4) is 5.75 Å². The van der Waals surface area contributed by atoms with Crippen molar-refractivity contribution in [3.05, 3.63) is 42.5 Å². The maximum absolute atomic E-state index is 11.7. The molecule has 0 aromatic heterocycles. The highest BCUT2D eigenvalue weighted by atomic mass is 32.2. The molecular formula is C15H16O4S. The van der Waals surface area contributed by atoms with Crippen LogP contribution >= 0.6 is 0 Å².